The maximum absolute atomic E-state index is 12.8. The molecule has 7 heteroatoms. The third kappa shape index (κ3) is 3.03. The van der Waals surface area contributed by atoms with E-state index in [9.17, 15) is 9.59 Å². The number of H-pyrrole nitrogens is 1. The number of aryl methyl sites for hydroxylation is 1. The molecule has 3 aromatic rings. The number of pyridine rings is 1. The second kappa shape index (κ2) is 6.59. The van der Waals surface area contributed by atoms with Crippen molar-refractivity contribution in [3.05, 3.63) is 59.7 Å². The summed E-state index contributed by atoms with van der Waals surface area (Å²) in [7, 11) is 0. The molecule has 132 valence electrons. The molecule has 26 heavy (non-hydrogen) atoms. The first-order valence-corrected chi connectivity index (χ1v) is 8.57. The summed E-state index contributed by atoms with van der Waals surface area (Å²) in [6.07, 6.45) is 3.22. The van der Waals surface area contributed by atoms with Gasteiger partial charge in [0.15, 0.2) is 0 Å². The summed E-state index contributed by atoms with van der Waals surface area (Å²) in [6, 6.07) is 8.92. The van der Waals surface area contributed by atoms with Crippen molar-refractivity contribution < 1.29 is 9.59 Å². The number of hydrogen-bond donors (Lipinski definition) is 1. The van der Waals surface area contributed by atoms with Gasteiger partial charge < -0.3 is 14.8 Å². The van der Waals surface area contributed by atoms with E-state index in [0.29, 0.717) is 37.3 Å². The molecule has 7 nitrogen and oxygen atoms in total. The van der Waals surface area contributed by atoms with E-state index >= 15 is 0 Å². The summed E-state index contributed by atoms with van der Waals surface area (Å²) in [5.74, 6) is 0.789. The van der Waals surface area contributed by atoms with Crippen LogP contribution in [0.4, 0.5) is 0 Å². The summed E-state index contributed by atoms with van der Waals surface area (Å²) < 4.78 is 0. The Morgan fingerprint density at radius 2 is 1.54 bits per heavy atom. The fourth-order valence-corrected chi connectivity index (χ4v) is 3.24. The number of amides is 2. The number of fused-ring (bicyclic) bond motifs is 1. The van der Waals surface area contributed by atoms with Gasteiger partial charge in [0.1, 0.15) is 5.82 Å². The quantitative estimate of drug-likeness (QED) is 0.766. The number of rotatable bonds is 2. The molecule has 2 aromatic heterocycles. The molecule has 0 atom stereocenters. The first-order valence-electron chi connectivity index (χ1n) is 8.57. The van der Waals surface area contributed by atoms with E-state index in [-0.39, 0.29) is 11.8 Å². The minimum Gasteiger partial charge on any atom is -0.342 e. The number of aromatic nitrogens is 3. The van der Waals surface area contributed by atoms with Crippen LogP contribution in [0.1, 0.15) is 26.5 Å². The van der Waals surface area contributed by atoms with Gasteiger partial charge in [-0.05, 0) is 37.3 Å². The van der Waals surface area contributed by atoms with Crippen LogP contribution >= 0.6 is 0 Å². The van der Waals surface area contributed by atoms with Crippen LogP contribution in [0.2, 0.25) is 0 Å². The molecule has 4 rings (SSSR count). The second-order valence-electron chi connectivity index (χ2n) is 6.37. The number of hydrogen-bond acceptors (Lipinski definition) is 4. The number of imidazole rings is 1. The Labute approximate surface area is 150 Å². The van der Waals surface area contributed by atoms with Gasteiger partial charge in [0, 0.05) is 49.7 Å². The van der Waals surface area contributed by atoms with Crippen LogP contribution in [0.3, 0.4) is 0 Å². The SMILES string of the molecule is Cc1nc2ccc(C(=O)N3CCN(C(=O)c4ccncc4)CC3)cc2[nH]1. The minimum absolute atomic E-state index is 0.0184. The monoisotopic (exact) mass is 349 g/mol. The topological polar surface area (TPSA) is 82.2 Å². The molecule has 0 bridgehead atoms. The normalized spacial score (nSPS) is 14.7. The van der Waals surface area contributed by atoms with Crippen molar-refractivity contribution in [3.63, 3.8) is 0 Å². The van der Waals surface area contributed by atoms with E-state index in [1.807, 2.05) is 19.1 Å². The van der Waals surface area contributed by atoms with E-state index in [1.165, 1.54) is 0 Å². The van der Waals surface area contributed by atoms with Gasteiger partial charge in [0.05, 0.1) is 11.0 Å². The van der Waals surface area contributed by atoms with Gasteiger partial charge >= 0.3 is 0 Å². The Hall–Kier alpha value is -3.22. The molecule has 2 amide bonds. The highest BCUT2D eigenvalue weighted by atomic mass is 16.2. The highest BCUT2D eigenvalue weighted by Crippen LogP contribution is 2.16. The number of nitrogens with one attached hydrogen (secondary N) is 1. The highest BCUT2D eigenvalue weighted by molar-refractivity contribution is 5.98. The van der Waals surface area contributed by atoms with E-state index in [4.69, 9.17) is 0 Å². The predicted octanol–water partition coefficient (Wildman–Crippen LogP) is 1.86. The molecule has 0 aliphatic carbocycles. The van der Waals surface area contributed by atoms with E-state index in [1.54, 1.807) is 40.4 Å². The standard InChI is InChI=1S/C19H19N5O2/c1-13-21-16-3-2-15(12-17(16)22-13)19(26)24-10-8-23(9-11-24)18(25)14-4-6-20-7-5-14/h2-7,12H,8-11H2,1H3,(H,21,22). The first kappa shape index (κ1) is 16.3. The number of piperazine rings is 1. The zero-order chi connectivity index (χ0) is 18.1. The van der Waals surface area contributed by atoms with Crippen LogP contribution in [0, 0.1) is 6.92 Å². The Bertz CT molecular complexity index is 958. The summed E-state index contributed by atoms with van der Waals surface area (Å²) in [5.41, 5.74) is 2.97. The Morgan fingerprint density at radius 1 is 0.923 bits per heavy atom. The molecule has 1 aliphatic rings. The lowest BCUT2D eigenvalue weighted by molar-refractivity contribution is 0.0535. The molecule has 3 heterocycles. The highest BCUT2D eigenvalue weighted by Gasteiger charge is 2.25. The maximum Gasteiger partial charge on any atom is 0.254 e. The molecule has 0 saturated carbocycles. The van der Waals surface area contributed by atoms with Gasteiger partial charge in [-0.2, -0.15) is 0 Å². The molecule has 0 unspecified atom stereocenters. The predicted molar refractivity (Wildman–Crippen MR) is 96.9 cm³/mol. The lowest BCUT2D eigenvalue weighted by atomic mass is 10.1. The second-order valence-corrected chi connectivity index (χ2v) is 6.37. The van der Waals surface area contributed by atoms with Gasteiger partial charge in [0.25, 0.3) is 11.8 Å². The third-order valence-electron chi connectivity index (χ3n) is 4.63. The summed E-state index contributed by atoms with van der Waals surface area (Å²) >= 11 is 0. The van der Waals surface area contributed by atoms with Gasteiger partial charge in [0.2, 0.25) is 0 Å². The maximum atomic E-state index is 12.8. The van der Waals surface area contributed by atoms with Crippen LogP contribution in [0.25, 0.3) is 11.0 Å². The third-order valence-corrected chi connectivity index (χ3v) is 4.63. The Kier molecular flexibility index (Phi) is 4.12. The fraction of sp³-hybridized carbons (Fsp3) is 0.263. The Morgan fingerprint density at radius 3 is 2.19 bits per heavy atom. The van der Waals surface area contributed by atoms with Crippen molar-refractivity contribution in [2.24, 2.45) is 0 Å². The van der Waals surface area contributed by atoms with Crippen molar-refractivity contribution in [1.29, 1.82) is 0 Å². The minimum atomic E-state index is -0.0196. The smallest absolute Gasteiger partial charge is 0.254 e. The lowest BCUT2D eigenvalue weighted by Crippen LogP contribution is -2.50. The average molecular weight is 349 g/mol. The van der Waals surface area contributed by atoms with Crippen LogP contribution < -0.4 is 0 Å². The summed E-state index contributed by atoms with van der Waals surface area (Å²) in [5, 5.41) is 0. The zero-order valence-corrected chi connectivity index (χ0v) is 14.5. The molecule has 1 N–H and O–H groups in total. The van der Waals surface area contributed by atoms with Crippen molar-refractivity contribution in [2.75, 3.05) is 26.2 Å². The number of aromatic amines is 1. The van der Waals surface area contributed by atoms with Crippen LogP contribution in [-0.2, 0) is 0 Å². The molecular weight excluding hydrogens is 330 g/mol. The van der Waals surface area contributed by atoms with Crippen molar-refractivity contribution in [3.8, 4) is 0 Å². The largest absolute Gasteiger partial charge is 0.342 e. The molecule has 1 saturated heterocycles. The van der Waals surface area contributed by atoms with Crippen LogP contribution in [0.15, 0.2) is 42.7 Å². The number of nitrogens with zero attached hydrogens (tertiary/aromatic N) is 4. The van der Waals surface area contributed by atoms with Crippen LogP contribution in [0.5, 0.6) is 0 Å². The summed E-state index contributed by atoms with van der Waals surface area (Å²) in [4.78, 5) is 40.3. The van der Waals surface area contributed by atoms with E-state index in [0.717, 1.165) is 16.9 Å². The fourth-order valence-electron chi connectivity index (χ4n) is 3.24. The summed E-state index contributed by atoms with van der Waals surface area (Å²) in [6.45, 7) is 3.99. The van der Waals surface area contributed by atoms with Gasteiger partial charge in [-0.25, -0.2) is 4.98 Å². The number of benzene rings is 1. The van der Waals surface area contributed by atoms with Gasteiger partial charge in [-0.3, -0.25) is 14.6 Å². The van der Waals surface area contributed by atoms with Crippen LogP contribution in [-0.4, -0.2) is 62.7 Å². The average Bonchev–Trinajstić information content (AvgIpc) is 3.07. The van der Waals surface area contributed by atoms with Crippen molar-refractivity contribution in [2.45, 2.75) is 6.92 Å². The lowest BCUT2D eigenvalue weighted by Gasteiger charge is -2.34. The molecule has 0 radical (unpaired) electrons. The van der Waals surface area contributed by atoms with Gasteiger partial charge in [-0.15, -0.1) is 0 Å². The molecule has 0 spiro atoms. The number of carbonyl (C=O) groups is 2. The first-order chi connectivity index (χ1) is 12.6. The zero-order valence-electron chi connectivity index (χ0n) is 14.5. The molecule has 1 fully saturated rings. The van der Waals surface area contributed by atoms with E-state index in [2.05, 4.69) is 15.0 Å². The van der Waals surface area contributed by atoms with E-state index < -0.39 is 0 Å². The number of carbonyl (C=O) groups excluding carboxylic acids is 2. The van der Waals surface area contributed by atoms with Crippen molar-refractivity contribution >= 4 is 22.8 Å². The molecule has 1 aliphatic heterocycles. The van der Waals surface area contributed by atoms with Gasteiger partial charge in [-0.1, -0.05) is 0 Å². The molecular formula is C19H19N5O2. The van der Waals surface area contributed by atoms with Crippen molar-refractivity contribution in [1.82, 2.24) is 24.8 Å². The Balaban J connectivity index is 1.43. The molecule has 1 aromatic carbocycles.